The van der Waals surface area contributed by atoms with E-state index in [2.05, 4.69) is 10.4 Å². The van der Waals surface area contributed by atoms with Crippen molar-refractivity contribution in [2.75, 3.05) is 16.8 Å². The van der Waals surface area contributed by atoms with Crippen molar-refractivity contribution in [1.82, 2.24) is 9.78 Å². The maximum atomic E-state index is 12.1. The molecular formula is C16H19N3O5S. The third-order valence-electron chi connectivity index (χ3n) is 3.17. The number of hydrogen-bond acceptors (Lipinski definition) is 5. The molecule has 1 aromatic carbocycles. The van der Waals surface area contributed by atoms with Gasteiger partial charge in [0.25, 0.3) is 0 Å². The zero-order chi connectivity index (χ0) is 18.6. The first-order valence-corrected chi connectivity index (χ1v) is 9.39. The van der Waals surface area contributed by atoms with E-state index in [1.165, 1.54) is 16.9 Å². The van der Waals surface area contributed by atoms with Gasteiger partial charge in [-0.1, -0.05) is 26.0 Å². The number of carbonyl (C=O) groups is 2. The Morgan fingerprint density at radius 3 is 2.52 bits per heavy atom. The van der Waals surface area contributed by atoms with Gasteiger partial charge in [-0.3, -0.25) is 4.79 Å². The Morgan fingerprint density at radius 1 is 1.24 bits per heavy atom. The van der Waals surface area contributed by atoms with Crippen molar-refractivity contribution in [2.45, 2.75) is 13.8 Å². The summed E-state index contributed by atoms with van der Waals surface area (Å²) in [6, 6.07) is 7.92. The van der Waals surface area contributed by atoms with Crippen LogP contribution in [0.5, 0.6) is 0 Å². The van der Waals surface area contributed by atoms with Gasteiger partial charge in [-0.25, -0.2) is 17.9 Å². The average molecular weight is 365 g/mol. The van der Waals surface area contributed by atoms with Crippen LogP contribution in [0.1, 0.15) is 24.3 Å². The molecule has 0 saturated carbocycles. The van der Waals surface area contributed by atoms with Gasteiger partial charge in [0.2, 0.25) is 5.91 Å². The third kappa shape index (κ3) is 5.15. The highest BCUT2D eigenvalue weighted by Crippen LogP contribution is 2.19. The van der Waals surface area contributed by atoms with Gasteiger partial charge in [0.1, 0.15) is 5.75 Å². The van der Waals surface area contributed by atoms with E-state index in [-0.39, 0.29) is 17.4 Å². The van der Waals surface area contributed by atoms with E-state index in [1.807, 2.05) is 0 Å². The van der Waals surface area contributed by atoms with Gasteiger partial charge >= 0.3 is 5.97 Å². The fraction of sp³-hybridized carbons (Fsp3) is 0.312. The van der Waals surface area contributed by atoms with E-state index in [9.17, 15) is 18.0 Å². The Morgan fingerprint density at radius 2 is 1.92 bits per heavy atom. The highest BCUT2D eigenvalue weighted by molar-refractivity contribution is 7.92. The molecule has 9 heteroatoms. The molecule has 0 bridgehead atoms. The molecule has 0 spiro atoms. The molecule has 0 saturated heterocycles. The van der Waals surface area contributed by atoms with Crippen molar-refractivity contribution in [3.05, 3.63) is 42.2 Å². The number of para-hydroxylation sites is 2. The van der Waals surface area contributed by atoms with Crippen LogP contribution < -0.4 is 5.32 Å². The molecule has 8 nitrogen and oxygen atoms in total. The molecule has 0 unspecified atom stereocenters. The van der Waals surface area contributed by atoms with E-state index in [4.69, 9.17) is 5.11 Å². The van der Waals surface area contributed by atoms with Crippen LogP contribution >= 0.6 is 0 Å². The molecule has 2 rings (SSSR count). The minimum Gasteiger partial charge on any atom is -0.476 e. The summed E-state index contributed by atoms with van der Waals surface area (Å²) in [5, 5.41) is 15.4. The predicted molar refractivity (Wildman–Crippen MR) is 92.6 cm³/mol. The number of nitrogens with one attached hydrogen (secondary N) is 1. The number of carboxylic acids is 1. The third-order valence-corrected chi connectivity index (χ3v) is 5.05. The number of carbonyl (C=O) groups excluding carboxylic acids is 1. The van der Waals surface area contributed by atoms with Crippen molar-refractivity contribution in [3.63, 3.8) is 0 Å². The molecule has 134 valence electrons. The van der Waals surface area contributed by atoms with Crippen LogP contribution in [-0.2, 0) is 14.6 Å². The number of aromatic carboxylic acids is 1. The lowest BCUT2D eigenvalue weighted by Gasteiger charge is -2.12. The lowest BCUT2D eigenvalue weighted by Crippen LogP contribution is -2.26. The summed E-state index contributed by atoms with van der Waals surface area (Å²) in [5.74, 6) is -2.57. The zero-order valence-corrected chi connectivity index (χ0v) is 14.7. The number of benzene rings is 1. The molecule has 1 heterocycles. The number of amides is 1. The van der Waals surface area contributed by atoms with Gasteiger partial charge < -0.3 is 10.4 Å². The number of rotatable bonds is 7. The molecule has 0 atom stereocenters. The molecular weight excluding hydrogens is 346 g/mol. The van der Waals surface area contributed by atoms with Gasteiger partial charge in [0.15, 0.2) is 15.5 Å². The summed E-state index contributed by atoms with van der Waals surface area (Å²) in [7, 11) is -3.50. The Bertz CT molecular complexity index is 887. The predicted octanol–water partition coefficient (Wildman–Crippen LogP) is 1.58. The highest BCUT2D eigenvalue weighted by atomic mass is 32.2. The first-order chi connectivity index (χ1) is 11.7. The summed E-state index contributed by atoms with van der Waals surface area (Å²) in [4.78, 5) is 23.0. The van der Waals surface area contributed by atoms with E-state index in [1.54, 1.807) is 38.1 Å². The van der Waals surface area contributed by atoms with E-state index >= 15 is 0 Å². The molecule has 0 radical (unpaired) electrons. The molecule has 0 aliphatic rings. The lowest BCUT2D eigenvalue weighted by molar-refractivity contribution is -0.113. The van der Waals surface area contributed by atoms with E-state index in [0.717, 1.165) is 0 Å². The fourth-order valence-electron chi connectivity index (χ4n) is 2.30. The second-order valence-electron chi connectivity index (χ2n) is 5.96. The van der Waals surface area contributed by atoms with Crippen LogP contribution in [0.4, 0.5) is 5.69 Å². The van der Waals surface area contributed by atoms with E-state index in [0.29, 0.717) is 11.4 Å². The van der Waals surface area contributed by atoms with Crippen molar-refractivity contribution < 1.29 is 23.1 Å². The number of anilines is 1. The summed E-state index contributed by atoms with van der Waals surface area (Å²) in [6.07, 6.45) is 1.45. The Kier molecular flexibility index (Phi) is 5.58. The van der Waals surface area contributed by atoms with Gasteiger partial charge in [-0.15, -0.1) is 0 Å². The van der Waals surface area contributed by atoms with Crippen LogP contribution in [0.15, 0.2) is 36.5 Å². The summed E-state index contributed by atoms with van der Waals surface area (Å²) < 4.78 is 25.2. The first-order valence-electron chi connectivity index (χ1n) is 7.56. The summed E-state index contributed by atoms with van der Waals surface area (Å²) in [5.41, 5.74) is 0.637. The maximum Gasteiger partial charge on any atom is 0.356 e. The summed E-state index contributed by atoms with van der Waals surface area (Å²) >= 11 is 0. The second-order valence-corrected chi connectivity index (χ2v) is 8.07. The minimum absolute atomic E-state index is 0.0661. The van der Waals surface area contributed by atoms with Crippen LogP contribution in [0.2, 0.25) is 0 Å². The molecule has 0 aliphatic heterocycles. The number of carboxylic acid groups (broad SMARTS) is 1. The number of aromatic nitrogens is 2. The molecule has 2 aromatic rings. The molecule has 2 N–H and O–H groups in total. The van der Waals surface area contributed by atoms with Crippen LogP contribution in [0.25, 0.3) is 5.69 Å². The maximum absolute atomic E-state index is 12.1. The number of hydrogen-bond donors (Lipinski definition) is 2. The minimum atomic E-state index is -3.50. The van der Waals surface area contributed by atoms with Gasteiger partial charge in [0, 0.05) is 6.20 Å². The van der Waals surface area contributed by atoms with Crippen molar-refractivity contribution in [2.24, 2.45) is 5.92 Å². The Hall–Kier alpha value is -2.68. The number of sulfone groups is 1. The molecule has 1 amide bonds. The zero-order valence-electron chi connectivity index (χ0n) is 13.8. The van der Waals surface area contributed by atoms with Crippen molar-refractivity contribution >= 4 is 27.4 Å². The number of nitrogens with zero attached hydrogens (tertiary/aromatic N) is 2. The Labute approximate surface area is 145 Å². The largest absolute Gasteiger partial charge is 0.476 e. The molecule has 0 fully saturated rings. The smallest absolute Gasteiger partial charge is 0.356 e. The fourth-order valence-corrected chi connectivity index (χ4v) is 3.91. The lowest BCUT2D eigenvalue weighted by atomic mass is 10.2. The topological polar surface area (TPSA) is 118 Å². The van der Waals surface area contributed by atoms with Gasteiger partial charge in [0.05, 0.1) is 17.1 Å². The van der Waals surface area contributed by atoms with Crippen molar-refractivity contribution in [1.29, 1.82) is 0 Å². The van der Waals surface area contributed by atoms with Gasteiger partial charge in [-0.2, -0.15) is 5.10 Å². The Balaban J connectivity index is 2.20. The quantitative estimate of drug-likeness (QED) is 0.769. The van der Waals surface area contributed by atoms with Crippen LogP contribution in [0, 0.1) is 5.92 Å². The highest BCUT2D eigenvalue weighted by Gasteiger charge is 2.19. The molecule has 25 heavy (non-hydrogen) atoms. The monoisotopic (exact) mass is 365 g/mol. The van der Waals surface area contributed by atoms with Gasteiger partial charge in [-0.05, 0) is 24.1 Å². The normalized spacial score (nSPS) is 11.5. The average Bonchev–Trinajstić information content (AvgIpc) is 2.95. The van der Waals surface area contributed by atoms with E-state index < -0.39 is 27.5 Å². The molecule has 1 aromatic heterocycles. The summed E-state index contributed by atoms with van der Waals surface area (Å²) in [6.45, 7) is 3.53. The molecule has 0 aliphatic carbocycles. The second kappa shape index (κ2) is 7.47. The van der Waals surface area contributed by atoms with Crippen LogP contribution in [-0.4, -0.2) is 46.7 Å². The van der Waals surface area contributed by atoms with Crippen LogP contribution in [0.3, 0.4) is 0 Å². The van der Waals surface area contributed by atoms with Crippen molar-refractivity contribution in [3.8, 4) is 5.69 Å². The standard InChI is InChI=1S/C16H19N3O5S/c1-11(2)9-25(23,24)10-15(20)17-12-5-3-4-6-14(12)19-8-7-13(18-19)16(21)22/h3-8,11H,9-10H2,1-2H3,(H,17,20)(H,21,22). The SMILES string of the molecule is CC(C)CS(=O)(=O)CC(=O)Nc1ccccc1-n1ccc(C(=O)O)n1. The first kappa shape index (κ1) is 18.7.